The Morgan fingerprint density at radius 3 is 0.991 bits per heavy atom. The van der Waals surface area contributed by atoms with Crippen LogP contribution in [0, 0.1) is 0 Å². The summed E-state index contributed by atoms with van der Waals surface area (Å²) in [5.41, 5.74) is 27.6. The lowest BCUT2D eigenvalue weighted by molar-refractivity contribution is 0.590. The Labute approximate surface area is 663 Å². The Balaban J connectivity index is 0.939. The zero-order chi connectivity index (χ0) is 81.2. The van der Waals surface area contributed by atoms with E-state index in [4.69, 9.17) is 2.74 Å². The molecule has 0 spiro atoms. The van der Waals surface area contributed by atoms with Crippen LogP contribution < -0.4 is 26.2 Å². The summed E-state index contributed by atoms with van der Waals surface area (Å²) in [4.78, 5) is 5.07. The summed E-state index contributed by atoms with van der Waals surface area (Å²) in [6, 6.07) is 121. The molecule has 17 aromatic carbocycles. The van der Waals surface area contributed by atoms with E-state index in [1.54, 1.807) is 4.57 Å². The molecule has 5 heterocycles. The van der Waals surface area contributed by atoms with Crippen molar-refractivity contribution in [3.8, 4) is 83.8 Å². The van der Waals surface area contributed by atoms with Gasteiger partial charge in [-0.05, 0) is 169 Å². The van der Waals surface area contributed by atoms with E-state index in [1.807, 2.05) is 12.1 Å². The van der Waals surface area contributed by atoms with Crippen molar-refractivity contribution in [3.63, 3.8) is 0 Å². The fourth-order valence-corrected chi connectivity index (χ4v) is 18.1. The normalized spacial score (nSPS) is 13.5. The first-order valence-electron chi connectivity index (χ1n) is 42.4. The summed E-state index contributed by atoms with van der Waals surface area (Å²) in [5.74, 6) is 0. The Morgan fingerprint density at radius 1 is 0.259 bits per heavy atom. The molecule has 0 fully saturated rings. The van der Waals surface area contributed by atoms with Crippen LogP contribution in [-0.4, -0.2) is 20.4 Å². The van der Waals surface area contributed by atoms with Crippen LogP contribution in [0.15, 0.2) is 394 Å². The van der Waals surface area contributed by atoms with Crippen molar-refractivity contribution < 1.29 is 11.0 Å². The number of hydrogen-bond donors (Lipinski definition) is 0. The highest BCUT2D eigenvalue weighted by atomic mass is 15.2. The molecule has 2 aliphatic heterocycles. The molecule has 112 heavy (non-hydrogen) atoms. The van der Waals surface area contributed by atoms with Gasteiger partial charge in [0.25, 0.3) is 6.71 Å². The second-order valence-corrected chi connectivity index (χ2v) is 30.5. The molecule has 0 aliphatic carbocycles. The summed E-state index contributed by atoms with van der Waals surface area (Å²) in [5, 5.41) is 4.50. The maximum absolute atomic E-state index is 9.96. The van der Waals surface area contributed by atoms with E-state index in [9.17, 15) is 8.22 Å². The van der Waals surface area contributed by atoms with Crippen LogP contribution in [0.2, 0.25) is 0 Å². The van der Waals surface area contributed by atoms with Crippen LogP contribution in [0.4, 0.5) is 34.1 Å². The van der Waals surface area contributed by atoms with Crippen molar-refractivity contribution in [3.05, 3.63) is 400 Å². The van der Waals surface area contributed by atoms with Crippen LogP contribution in [0.25, 0.3) is 149 Å². The van der Waals surface area contributed by atoms with Crippen molar-refractivity contribution in [1.29, 1.82) is 0 Å². The largest absolute Gasteiger partial charge is 0.310 e. The monoisotopic (exact) mass is 1440 g/mol. The molecule has 0 N–H and O–H groups in total. The molecule has 20 aromatic rings. The maximum atomic E-state index is 9.96. The summed E-state index contributed by atoms with van der Waals surface area (Å²) in [7, 11) is 0. The van der Waals surface area contributed by atoms with Crippen LogP contribution in [0.5, 0.6) is 0 Å². The van der Waals surface area contributed by atoms with Gasteiger partial charge in [0, 0.05) is 94.4 Å². The third kappa shape index (κ3) is 10.2. The van der Waals surface area contributed by atoms with Gasteiger partial charge in [0.1, 0.15) is 0 Å². The van der Waals surface area contributed by atoms with Gasteiger partial charge in [-0.1, -0.05) is 318 Å². The van der Waals surface area contributed by atoms with E-state index in [0.717, 1.165) is 178 Å². The van der Waals surface area contributed by atoms with Gasteiger partial charge in [-0.3, -0.25) is 0 Å². The number of aromatic nitrogens is 3. The van der Waals surface area contributed by atoms with Crippen molar-refractivity contribution in [2.24, 2.45) is 0 Å². The van der Waals surface area contributed by atoms with Crippen LogP contribution in [0.3, 0.4) is 0 Å². The number of nitrogens with zero attached hydrogens (tertiary/aromatic N) is 5. The quantitative estimate of drug-likeness (QED) is 0.120. The number of para-hydroxylation sites is 5. The SMILES string of the molecule is [2H]c1c([2H])c([2H])c2c(c1[2H])c1c([2H])c([2H])c([2H])c([2H])c1n2-c1ccc2c(c1)N(c1c(-c3ccccc3)cc(-c3ccccc3)cc1-c1ccccc1)c1cc(C(C)(C)C)cc3c1B2c1ccc(-n2c4ccccc4c4ccc5c6ccccc6n(-c6ccccc6)c5c42)cc1N3c1c(-c2ccccc2)cc(-c2ccccc2)cc1-c1ccccc1. The molecule has 2 aliphatic rings. The van der Waals surface area contributed by atoms with E-state index >= 15 is 0 Å². The van der Waals surface area contributed by atoms with E-state index in [-0.39, 0.29) is 33.9 Å². The molecule has 0 radical (unpaired) electrons. The fraction of sp³-hybridized carbons (Fsp3) is 0.0377. The molecule has 22 rings (SSSR count). The van der Waals surface area contributed by atoms with E-state index in [2.05, 4.69) is 373 Å². The molecule has 6 heteroatoms. The van der Waals surface area contributed by atoms with Gasteiger partial charge in [0.05, 0.1) is 55.4 Å². The van der Waals surface area contributed by atoms with Crippen molar-refractivity contribution >= 4 is 123 Å². The standard InChI is InChI=1S/C106H74BN5/c1-106(2,3)77-65-99-101-100(66-77)112(103-89(73-41-19-8-20-42-73)63-76(70-35-13-5-14-36-70)64-90(103)74-43-21-9-22-44-74)98-68-80(110-96-54-32-28-50-84(96)86-58-57-85-83-49-27-31-53-95(83)109(104(85)105(86)110)78-45-23-10-24-46-78)56-60-92(98)107(101)91-59-55-79(108-93-51-29-25-47-81(93)82-48-26-30-52-94(82)108)67-97(91)111(99)102-87(71-37-15-6-16-38-71)61-75(69-33-11-4-12-34-69)62-88(102)72-39-17-7-18-40-72/h4-68H,1-3H3/i25D,26D,29D,30D,47D,48D,51D,52D. The highest BCUT2D eigenvalue weighted by Crippen LogP contribution is 2.56. The molecule has 0 amide bonds. The lowest BCUT2D eigenvalue weighted by Crippen LogP contribution is -2.61. The van der Waals surface area contributed by atoms with Gasteiger partial charge in [-0.15, -0.1) is 0 Å². The minimum absolute atomic E-state index is 0.000719. The lowest BCUT2D eigenvalue weighted by Gasteiger charge is -2.46. The second-order valence-electron chi connectivity index (χ2n) is 30.5. The van der Waals surface area contributed by atoms with Crippen LogP contribution >= 0.6 is 0 Å². The summed E-state index contributed by atoms with van der Waals surface area (Å²) < 4.78 is 83.0. The number of rotatable bonds is 11. The van der Waals surface area contributed by atoms with Gasteiger partial charge in [-0.2, -0.15) is 0 Å². The predicted molar refractivity (Wildman–Crippen MR) is 475 cm³/mol. The number of fused-ring (bicyclic) bond motifs is 14. The van der Waals surface area contributed by atoms with Gasteiger partial charge >= 0.3 is 0 Å². The Morgan fingerprint density at radius 2 is 0.598 bits per heavy atom. The topological polar surface area (TPSA) is 21.3 Å². The maximum Gasteiger partial charge on any atom is 0.252 e. The van der Waals surface area contributed by atoms with E-state index in [1.165, 1.54) is 0 Å². The summed E-state index contributed by atoms with van der Waals surface area (Å²) in [6.07, 6.45) is 0. The second kappa shape index (κ2) is 25.7. The van der Waals surface area contributed by atoms with Crippen molar-refractivity contribution in [2.45, 2.75) is 26.2 Å². The third-order valence-corrected chi connectivity index (χ3v) is 23.2. The lowest BCUT2D eigenvalue weighted by atomic mass is 9.33. The molecule has 526 valence electrons. The zero-order valence-electron chi connectivity index (χ0n) is 69.7. The van der Waals surface area contributed by atoms with Crippen LogP contribution in [-0.2, 0) is 5.41 Å². The minimum atomic E-state index is -0.560. The molecule has 0 saturated carbocycles. The molecule has 0 saturated heterocycles. The Bertz CT molecular complexity index is 7460. The Kier molecular flexibility index (Phi) is 13.1. The average Bonchev–Trinajstić information content (AvgIpc) is 1.39. The predicted octanol–water partition coefficient (Wildman–Crippen LogP) is 26.4. The average molecular weight is 1440 g/mol. The molecule has 0 unspecified atom stereocenters. The van der Waals surface area contributed by atoms with Crippen molar-refractivity contribution in [1.82, 2.24) is 13.7 Å². The number of benzene rings is 17. The first-order chi connectivity index (χ1) is 58.6. The van der Waals surface area contributed by atoms with Crippen molar-refractivity contribution in [2.75, 3.05) is 9.80 Å². The third-order valence-electron chi connectivity index (χ3n) is 23.2. The molecule has 0 bridgehead atoms. The zero-order valence-corrected chi connectivity index (χ0v) is 61.7. The number of hydrogen-bond acceptors (Lipinski definition) is 2. The molecule has 0 atom stereocenters. The highest BCUT2D eigenvalue weighted by Gasteiger charge is 2.47. The first-order valence-corrected chi connectivity index (χ1v) is 38.4. The molecule has 5 nitrogen and oxygen atoms in total. The molecular weight excluding hydrogens is 1350 g/mol. The van der Waals surface area contributed by atoms with E-state index in [0.29, 0.717) is 5.69 Å². The van der Waals surface area contributed by atoms with Crippen LogP contribution in [0.1, 0.15) is 37.3 Å². The first kappa shape index (κ1) is 57.0. The Hall–Kier alpha value is -14.2. The molecule has 3 aromatic heterocycles. The number of anilines is 6. The molecular formula is C106H74BN5. The highest BCUT2D eigenvalue weighted by molar-refractivity contribution is 7.00. The minimum Gasteiger partial charge on any atom is -0.310 e. The smallest absolute Gasteiger partial charge is 0.252 e. The summed E-state index contributed by atoms with van der Waals surface area (Å²) in [6.45, 7) is 6.32. The van der Waals surface area contributed by atoms with E-state index < -0.39 is 48.4 Å². The van der Waals surface area contributed by atoms with Gasteiger partial charge < -0.3 is 23.5 Å². The summed E-state index contributed by atoms with van der Waals surface area (Å²) >= 11 is 0. The van der Waals surface area contributed by atoms with Gasteiger partial charge in [0.15, 0.2) is 0 Å². The van der Waals surface area contributed by atoms with Gasteiger partial charge in [-0.25, -0.2) is 0 Å². The van der Waals surface area contributed by atoms with Gasteiger partial charge in [0.2, 0.25) is 0 Å². The fourth-order valence-electron chi connectivity index (χ4n) is 18.1.